The van der Waals surface area contributed by atoms with Crippen molar-refractivity contribution in [3.8, 4) is 0 Å². The van der Waals surface area contributed by atoms with Crippen LogP contribution in [0, 0.1) is 0 Å². The molecule has 21 heavy (non-hydrogen) atoms. The first kappa shape index (κ1) is 14.8. The van der Waals surface area contributed by atoms with Crippen molar-refractivity contribution in [2.45, 2.75) is 26.3 Å². The Morgan fingerprint density at radius 1 is 1.14 bits per heavy atom. The van der Waals surface area contributed by atoms with Crippen molar-refractivity contribution < 1.29 is 19.1 Å². The van der Waals surface area contributed by atoms with Crippen molar-refractivity contribution in [1.29, 1.82) is 0 Å². The Hall–Kier alpha value is -2.56. The first-order chi connectivity index (χ1) is 9.97. The molecule has 5 heteroatoms. The number of carbonyl (C=O) groups is 2. The number of hydrogen-bond acceptors (Lipinski definition) is 3. The molecule has 0 aliphatic rings. The van der Waals surface area contributed by atoms with Crippen LogP contribution in [0.4, 0.5) is 0 Å². The Bertz CT molecular complexity index is 641. The van der Waals surface area contributed by atoms with E-state index >= 15 is 0 Å². The van der Waals surface area contributed by atoms with E-state index < -0.39 is 5.97 Å². The third-order valence-electron chi connectivity index (χ3n) is 3.14. The van der Waals surface area contributed by atoms with Gasteiger partial charge in [-0.05, 0) is 35.7 Å². The number of aromatic carboxylic acids is 1. The largest absolute Gasteiger partial charge is 0.475 e. The van der Waals surface area contributed by atoms with Crippen LogP contribution in [-0.2, 0) is 6.54 Å². The van der Waals surface area contributed by atoms with E-state index in [2.05, 4.69) is 19.2 Å². The highest BCUT2D eigenvalue weighted by atomic mass is 16.4. The Morgan fingerprint density at radius 3 is 2.33 bits per heavy atom. The van der Waals surface area contributed by atoms with E-state index in [4.69, 9.17) is 9.52 Å². The molecule has 5 nitrogen and oxygen atoms in total. The van der Waals surface area contributed by atoms with Crippen LogP contribution in [0.15, 0.2) is 40.8 Å². The second-order valence-electron chi connectivity index (χ2n) is 5.03. The molecule has 0 bridgehead atoms. The Kier molecular flexibility index (Phi) is 4.42. The van der Waals surface area contributed by atoms with Crippen LogP contribution < -0.4 is 5.32 Å². The normalized spacial score (nSPS) is 10.6. The van der Waals surface area contributed by atoms with E-state index in [9.17, 15) is 9.59 Å². The number of carboxylic acids is 1. The summed E-state index contributed by atoms with van der Waals surface area (Å²) in [4.78, 5) is 22.7. The highest BCUT2D eigenvalue weighted by molar-refractivity contribution is 5.94. The lowest BCUT2D eigenvalue weighted by Gasteiger charge is -2.07. The molecular weight excluding hydrogens is 270 g/mol. The molecule has 110 valence electrons. The fourth-order valence-corrected chi connectivity index (χ4v) is 1.88. The van der Waals surface area contributed by atoms with Gasteiger partial charge in [-0.1, -0.05) is 26.0 Å². The van der Waals surface area contributed by atoms with Gasteiger partial charge < -0.3 is 14.8 Å². The Balaban J connectivity index is 1.96. The number of benzene rings is 1. The fraction of sp³-hybridized carbons (Fsp3) is 0.250. The average Bonchev–Trinajstić information content (AvgIpc) is 2.94. The molecule has 1 aromatic heterocycles. The lowest BCUT2D eigenvalue weighted by Crippen LogP contribution is -2.22. The summed E-state index contributed by atoms with van der Waals surface area (Å²) in [6.07, 6.45) is 0. The maximum Gasteiger partial charge on any atom is 0.371 e. The van der Waals surface area contributed by atoms with E-state index in [0.717, 1.165) is 0 Å². The molecule has 0 fully saturated rings. The zero-order chi connectivity index (χ0) is 15.4. The maximum atomic E-state index is 12.0. The number of carboxylic acid groups (broad SMARTS) is 1. The highest BCUT2D eigenvalue weighted by Crippen LogP contribution is 2.15. The quantitative estimate of drug-likeness (QED) is 0.885. The predicted octanol–water partition coefficient (Wildman–Crippen LogP) is 3.03. The Labute approximate surface area is 122 Å². The third kappa shape index (κ3) is 3.72. The Morgan fingerprint density at radius 2 is 1.81 bits per heavy atom. The van der Waals surface area contributed by atoms with Gasteiger partial charge in [0, 0.05) is 5.56 Å². The van der Waals surface area contributed by atoms with Gasteiger partial charge in [0.25, 0.3) is 5.91 Å². The van der Waals surface area contributed by atoms with Gasteiger partial charge in [0.2, 0.25) is 5.76 Å². The number of amides is 1. The van der Waals surface area contributed by atoms with E-state index in [1.165, 1.54) is 17.7 Å². The van der Waals surface area contributed by atoms with Crippen molar-refractivity contribution >= 4 is 11.9 Å². The van der Waals surface area contributed by atoms with Crippen LogP contribution in [0.25, 0.3) is 0 Å². The molecule has 0 radical (unpaired) electrons. The van der Waals surface area contributed by atoms with E-state index in [0.29, 0.717) is 17.2 Å². The molecule has 0 saturated carbocycles. The molecule has 0 unspecified atom stereocenters. The second kappa shape index (κ2) is 6.26. The molecule has 0 atom stereocenters. The standard InChI is InChI=1S/C16H17NO4/c1-10(2)11-3-5-12(6-4-11)15(18)17-9-13-7-8-14(21-13)16(19)20/h3-8,10H,9H2,1-2H3,(H,17,18)(H,19,20). The van der Waals surface area contributed by atoms with Gasteiger partial charge in [0.15, 0.2) is 0 Å². The molecular formula is C16H17NO4. The number of furan rings is 1. The smallest absolute Gasteiger partial charge is 0.371 e. The van der Waals surface area contributed by atoms with Gasteiger partial charge in [0.05, 0.1) is 6.54 Å². The molecule has 0 aliphatic heterocycles. The van der Waals surface area contributed by atoms with Crippen molar-refractivity contribution in [2.75, 3.05) is 0 Å². The van der Waals surface area contributed by atoms with Crippen molar-refractivity contribution in [1.82, 2.24) is 5.32 Å². The minimum Gasteiger partial charge on any atom is -0.475 e. The number of carbonyl (C=O) groups excluding carboxylic acids is 1. The lowest BCUT2D eigenvalue weighted by molar-refractivity contribution is 0.0660. The molecule has 2 N–H and O–H groups in total. The number of hydrogen-bond donors (Lipinski definition) is 2. The molecule has 2 aromatic rings. The molecule has 2 rings (SSSR count). The second-order valence-corrected chi connectivity index (χ2v) is 5.03. The highest BCUT2D eigenvalue weighted by Gasteiger charge is 2.11. The summed E-state index contributed by atoms with van der Waals surface area (Å²) in [7, 11) is 0. The van der Waals surface area contributed by atoms with Crippen LogP contribution in [0.1, 0.15) is 52.0 Å². The van der Waals surface area contributed by atoms with Gasteiger partial charge in [-0.15, -0.1) is 0 Å². The van der Waals surface area contributed by atoms with Crippen LogP contribution >= 0.6 is 0 Å². The number of nitrogens with one attached hydrogen (secondary N) is 1. The zero-order valence-corrected chi connectivity index (χ0v) is 11.9. The number of rotatable bonds is 5. The van der Waals surface area contributed by atoms with Crippen LogP contribution in [0.3, 0.4) is 0 Å². The van der Waals surface area contributed by atoms with Gasteiger partial charge in [-0.3, -0.25) is 4.79 Å². The summed E-state index contributed by atoms with van der Waals surface area (Å²) in [5.41, 5.74) is 1.73. The minimum atomic E-state index is -1.13. The monoisotopic (exact) mass is 287 g/mol. The summed E-state index contributed by atoms with van der Waals surface area (Å²) in [6, 6.07) is 10.3. The maximum absolute atomic E-state index is 12.0. The topological polar surface area (TPSA) is 79.5 Å². The van der Waals surface area contributed by atoms with Gasteiger partial charge >= 0.3 is 5.97 Å². The molecule has 1 aromatic carbocycles. The first-order valence-electron chi connectivity index (χ1n) is 6.67. The van der Waals surface area contributed by atoms with Crippen LogP contribution in [0.5, 0.6) is 0 Å². The average molecular weight is 287 g/mol. The first-order valence-corrected chi connectivity index (χ1v) is 6.67. The van der Waals surface area contributed by atoms with Gasteiger partial charge in [-0.2, -0.15) is 0 Å². The lowest BCUT2D eigenvalue weighted by atomic mass is 10.0. The van der Waals surface area contributed by atoms with E-state index in [1.54, 1.807) is 12.1 Å². The molecule has 0 saturated heterocycles. The summed E-state index contributed by atoms with van der Waals surface area (Å²) < 4.78 is 5.07. The van der Waals surface area contributed by atoms with Crippen LogP contribution in [0.2, 0.25) is 0 Å². The molecule has 0 aliphatic carbocycles. The predicted molar refractivity (Wildman–Crippen MR) is 77.4 cm³/mol. The minimum absolute atomic E-state index is 0.138. The van der Waals surface area contributed by atoms with Crippen molar-refractivity contribution in [3.63, 3.8) is 0 Å². The van der Waals surface area contributed by atoms with Crippen molar-refractivity contribution in [3.05, 3.63) is 59.0 Å². The third-order valence-corrected chi connectivity index (χ3v) is 3.14. The van der Waals surface area contributed by atoms with Gasteiger partial charge in [0.1, 0.15) is 5.76 Å². The molecule has 1 amide bonds. The molecule has 0 spiro atoms. The zero-order valence-electron chi connectivity index (χ0n) is 11.9. The van der Waals surface area contributed by atoms with Gasteiger partial charge in [-0.25, -0.2) is 4.79 Å². The van der Waals surface area contributed by atoms with E-state index in [-0.39, 0.29) is 18.2 Å². The SMILES string of the molecule is CC(C)c1ccc(C(=O)NCc2ccc(C(=O)O)o2)cc1. The summed E-state index contributed by atoms with van der Waals surface area (Å²) in [5, 5.41) is 11.4. The fourth-order valence-electron chi connectivity index (χ4n) is 1.88. The van der Waals surface area contributed by atoms with Crippen molar-refractivity contribution in [2.24, 2.45) is 0 Å². The summed E-state index contributed by atoms with van der Waals surface area (Å²) in [6.45, 7) is 4.33. The van der Waals surface area contributed by atoms with Crippen LogP contribution in [-0.4, -0.2) is 17.0 Å². The summed E-state index contributed by atoms with van der Waals surface area (Å²) >= 11 is 0. The summed E-state index contributed by atoms with van der Waals surface area (Å²) in [5.74, 6) is -0.671. The van der Waals surface area contributed by atoms with E-state index in [1.807, 2.05) is 12.1 Å². The molecule has 1 heterocycles.